The van der Waals surface area contributed by atoms with Crippen LogP contribution < -0.4 is 5.32 Å². The summed E-state index contributed by atoms with van der Waals surface area (Å²) in [4.78, 5) is 15.5. The first-order valence-electron chi connectivity index (χ1n) is 9.52. The van der Waals surface area contributed by atoms with Crippen LogP contribution >= 0.6 is 11.6 Å². The fourth-order valence-corrected chi connectivity index (χ4v) is 4.31. The molecule has 2 fully saturated rings. The Morgan fingerprint density at radius 1 is 1.08 bits per heavy atom. The van der Waals surface area contributed by atoms with Gasteiger partial charge in [0.2, 0.25) is 5.91 Å². The van der Waals surface area contributed by atoms with Crippen LogP contribution in [0.25, 0.3) is 0 Å². The lowest BCUT2D eigenvalue weighted by atomic mass is 9.95. The lowest BCUT2D eigenvalue weighted by Crippen LogP contribution is -2.41. The van der Waals surface area contributed by atoms with Crippen LogP contribution in [0.4, 0.5) is 0 Å². The molecule has 1 aliphatic carbocycles. The number of hydrogen-bond donors (Lipinski definition) is 1. The van der Waals surface area contributed by atoms with E-state index in [9.17, 15) is 4.79 Å². The molecule has 1 amide bonds. The molecule has 4 rings (SSSR count). The molecule has 0 aromatic heterocycles. The summed E-state index contributed by atoms with van der Waals surface area (Å²) in [6.07, 6.45) is 4.32. The molecule has 136 valence electrons. The number of likely N-dealkylation sites (tertiary alicyclic amines) is 1. The molecule has 4 heteroatoms. The summed E-state index contributed by atoms with van der Waals surface area (Å²) in [6.45, 7) is 2.79. The van der Waals surface area contributed by atoms with Crippen molar-refractivity contribution in [2.45, 2.75) is 37.1 Å². The largest absolute Gasteiger partial charge is 0.353 e. The Morgan fingerprint density at radius 3 is 2.46 bits per heavy atom. The highest BCUT2D eigenvalue weighted by atomic mass is 35.5. The predicted octanol–water partition coefficient (Wildman–Crippen LogP) is 4.32. The number of hydrogen-bond acceptors (Lipinski definition) is 2. The van der Waals surface area contributed by atoms with E-state index in [4.69, 9.17) is 11.6 Å². The number of nitrogens with one attached hydrogen (secondary N) is 1. The Morgan fingerprint density at radius 2 is 1.81 bits per heavy atom. The standard InChI is InChI=1S/C22H25ClN2O/c23-19-10-6-7-17(15-19)20(25-13-4-5-14-25)16-24-21(26)22(11-12-22)18-8-2-1-3-9-18/h1-3,6-10,15,20H,4-5,11-14,16H2,(H,24,26). The van der Waals surface area contributed by atoms with Crippen molar-refractivity contribution in [1.29, 1.82) is 0 Å². The molecule has 1 heterocycles. The molecule has 0 radical (unpaired) electrons. The van der Waals surface area contributed by atoms with Crippen LogP contribution in [0.15, 0.2) is 54.6 Å². The van der Waals surface area contributed by atoms with E-state index in [1.54, 1.807) is 0 Å². The number of nitrogens with zero attached hydrogens (tertiary/aromatic N) is 1. The maximum atomic E-state index is 13.0. The smallest absolute Gasteiger partial charge is 0.230 e. The van der Waals surface area contributed by atoms with Gasteiger partial charge in [-0.3, -0.25) is 9.69 Å². The van der Waals surface area contributed by atoms with E-state index in [1.807, 2.05) is 36.4 Å². The van der Waals surface area contributed by atoms with E-state index in [0.717, 1.165) is 36.5 Å². The van der Waals surface area contributed by atoms with E-state index >= 15 is 0 Å². The topological polar surface area (TPSA) is 32.3 Å². The van der Waals surface area contributed by atoms with E-state index in [-0.39, 0.29) is 17.4 Å². The minimum Gasteiger partial charge on any atom is -0.353 e. The number of amides is 1. The molecule has 3 nitrogen and oxygen atoms in total. The third-order valence-electron chi connectivity index (χ3n) is 5.78. The molecule has 1 N–H and O–H groups in total. The SMILES string of the molecule is O=C(NCC(c1cccc(Cl)c1)N1CCCC1)C1(c2ccccc2)CC1. The minimum atomic E-state index is -0.314. The van der Waals surface area contributed by atoms with Crippen molar-refractivity contribution in [3.05, 3.63) is 70.7 Å². The van der Waals surface area contributed by atoms with Gasteiger partial charge in [0.1, 0.15) is 0 Å². The van der Waals surface area contributed by atoms with Crippen LogP contribution in [-0.4, -0.2) is 30.4 Å². The number of carbonyl (C=O) groups excluding carboxylic acids is 1. The van der Waals surface area contributed by atoms with Gasteiger partial charge in [0.05, 0.1) is 11.5 Å². The van der Waals surface area contributed by atoms with Gasteiger partial charge < -0.3 is 5.32 Å². The van der Waals surface area contributed by atoms with Crippen molar-refractivity contribution in [1.82, 2.24) is 10.2 Å². The zero-order valence-corrected chi connectivity index (χ0v) is 15.7. The zero-order valence-electron chi connectivity index (χ0n) is 15.0. The van der Waals surface area contributed by atoms with Crippen molar-refractivity contribution in [2.24, 2.45) is 0 Å². The predicted molar refractivity (Wildman–Crippen MR) is 105 cm³/mol. The summed E-state index contributed by atoms with van der Waals surface area (Å²) in [5, 5.41) is 4.01. The van der Waals surface area contributed by atoms with Crippen molar-refractivity contribution < 1.29 is 4.79 Å². The number of rotatable bonds is 6. The van der Waals surface area contributed by atoms with Crippen LogP contribution in [0.2, 0.25) is 5.02 Å². The fourth-order valence-electron chi connectivity index (χ4n) is 4.11. The van der Waals surface area contributed by atoms with Crippen molar-refractivity contribution in [3.63, 3.8) is 0 Å². The summed E-state index contributed by atoms with van der Waals surface area (Å²) >= 11 is 6.22. The number of benzene rings is 2. The van der Waals surface area contributed by atoms with Crippen molar-refractivity contribution in [2.75, 3.05) is 19.6 Å². The molecule has 26 heavy (non-hydrogen) atoms. The van der Waals surface area contributed by atoms with Crippen LogP contribution in [0, 0.1) is 0 Å². The van der Waals surface area contributed by atoms with E-state index < -0.39 is 0 Å². The summed E-state index contributed by atoms with van der Waals surface area (Å²) in [5.74, 6) is 0.162. The van der Waals surface area contributed by atoms with Crippen molar-refractivity contribution >= 4 is 17.5 Å². The van der Waals surface area contributed by atoms with Gasteiger partial charge in [-0.1, -0.05) is 54.1 Å². The third kappa shape index (κ3) is 3.51. The minimum absolute atomic E-state index is 0.162. The van der Waals surface area contributed by atoms with E-state index in [0.29, 0.717) is 6.54 Å². The van der Waals surface area contributed by atoms with E-state index in [2.05, 4.69) is 28.4 Å². The number of halogens is 1. The first kappa shape index (κ1) is 17.6. The quantitative estimate of drug-likeness (QED) is 0.823. The van der Waals surface area contributed by atoms with Crippen LogP contribution in [0.3, 0.4) is 0 Å². The number of carbonyl (C=O) groups is 1. The van der Waals surface area contributed by atoms with Gasteiger partial charge in [0.25, 0.3) is 0 Å². The first-order valence-corrected chi connectivity index (χ1v) is 9.90. The molecule has 0 bridgehead atoms. The molecule has 1 saturated heterocycles. The van der Waals surface area contributed by atoms with Crippen LogP contribution in [0.5, 0.6) is 0 Å². The molecular weight excluding hydrogens is 344 g/mol. The van der Waals surface area contributed by atoms with Gasteiger partial charge in [-0.25, -0.2) is 0 Å². The van der Waals surface area contributed by atoms with Gasteiger partial charge in [-0.2, -0.15) is 0 Å². The molecule has 0 spiro atoms. The Bertz CT molecular complexity index is 767. The van der Waals surface area contributed by atoms with Crippen LogP contribution in [0.1, 0.15) is 42.9 Å². The Hall–Kier alpha value is -1.84. The van der Waals surface area contributed by atoms with E-state index in [1.165, 1.54) is 18.4 Å². The van der Waals surface area contributed by atoms with Crippen LogP contribution in [-0.2, 0) is 10.2 Å². The molecule has 1 unspecified atom stereocenters. The second kappa shape index (κ2) is 7.42. The van der Waals surface area contributed by atoms with Crippen molar-refractivity contribution in [3.8, 4) is 0 Å². The normalized spacial score (nSPS) is 19.9. The average Bonchev–Trinajstić information content (AvgIpc) is 3.31. The average molecular weight is 369 g/mol. The molecule has 2 aliphatic rings. The van der Waals surface area contributed by atoms with Gasteiger partial charge in [0, 0.05) is 11.6 Å². The molecule has 1 saturated carbocycles. The highest BCUT2D eigenvalue weighted by molar-refractivity contribution is 6.30. The highest BCUT2D eigenvalue weighted by Crippen LogP contribution is 2.48. The summed E-state index contributed by atoms with van der Waals surface area (Å²) in [7, 11) is 0. The second-order valence-corrected chi connectivity index (χ2v) is 7.91. The third-order valence-corrected chi connectivity index (χ3v) is 6.02. The lowest BCUT2D eigenvalue weighted by Gasteiger charge is -2.29. The monoisotopic (exact) mass is 368 g/mol. The Labute approximate surface area is 160 Å². The fraction of sp³-hybridized carbons (Fsp3) is 0.409. The highest BCUT2D eigenvalue weighted by Gasteiger charge is 2.51. The van der Waals surface area contributed by atoms with Gasteiger partial charge in [-0.05, 0) is 62.0 Å². The summed E-state index contributed by atoms with van der Waals surface area (Å²) < 4.78 is 0. The Balaban J connectivity index is 1.49. The Kier molecular flexibility index (Phi) is 5.01. The maximum absolute atomic E-state index is 13.0. The molecule has 1 aliphatic heterocycles. The molecular formula is C22H25ClN2O. The summed E-state index contributed by atoms with van der Waals surface area (Å²) in [6, 6.07) is 18.4. The summed E-state index contributed by atoms with van der Waals surface area (Å²) in [5.41, 5.74) is 2.01. The van der Waals surface area contributed by atoms with Gasteiger partial charge in [-0.15, -0.1) is 0 Å². The van der Waals surface area contributed by atoms with Gasteiger partial charge in [0.15, 0.2) is 0 Å². The molecule has 2 aromatic carbocycles. The second-order valence-electron chi connectivity index (χ2n) is 7.47. The first-order chi connectivity index (χ1) is 12.7. The molecule has 1 atom stereocenters. The maximum Gasteiger partial charge on any atom is 0.230 e. The zero-order chi connectivity index (χ0) is 18.0. The lowest BCUT2D eigenvalue weighted by molar-refractivity contribution is -0.123. The van der Waals surface area contributed by atoms with Gasteiger partial charge >= 0.3 is 0 Å². The molecule has 2 aromatic rings.